The first kappa shape index (κ1) is 13.9. The number of nitrogen functional groups attached to an aromatic ring is 1. The lowest BCUT2D eigenvalue weighted by Gasteiger charge is -2.45. The molecule has 1 saturated carbocycles. The maximum atomic E-state index is 5.99. The molecule has 1 aliphatic carbocycles. The number of hydrogen-bond donors (Lipinski definition) is 2. The molecular formula is C14H14ClN5OS. The number of pyridine rings is 1. The van der Waals surface area contributed by atoms with E-state index in [1.807, 2.05) is 6.07 Å². The van der Waals surface area contributed by atoms with E-state index in [0.29, 0.717) is 17.5 Å². The van der Waals surface area contributed by atoms with E-state index in [2.05, 4.69) is 20.3 Å². The predicted molar refractivity (Wildman–Crippen MR) is 85.5 cm³/mol. The molecule has 0 amide bonds. The molecule has 1 aliphatic heterocycles. The van der Waals surface area contributed by atoms with Crippen LogP contribution >= 0.6 is 23.4 Å². The number of fused-ring (bicyclic) bond motifs is 1. The number of nitrogens with zero attached hydrogens (tertiary/aromatic N) is 3. The molecule has 0 saturated heterocycles. The Kier molecular flexibility index (Phi) is 3.27. The number of hydrogen-bond acceptors (Lipinski definition) is 7. The van der Waals surface area contributed by atoms with Crippen LogP contribution < -0.4 is 15.8 Å². The van der Waals surface area contributed by atoms with Crippen LogP contribution in [0, 0.1) is 0 Å². The van der Waals surface area contributed by atoms with Crippen LogP contribution in [0.1, 0.15) is 19.3 Å². The van der Waals surface area contributed by atoms with Crippen LogP contribution in [0.2, 0.25) is 5.15 Å². The molecule has 114 valence electrons. The topological polar surface area (TPSA) is 86.0 Å². The van der Waals surface area contributed by atoms with Gasteiger partial charge in [0.05, 0.1) is 16.6 Å². The summed E-state index contributed by atoms with van der Waals surface area (Å²) < 4.78 is 5.99. The number of nitrogens with one attached hydrogen (secondary N) is 1. The van der Waals surface area contributed by atoms with Crippen LogP contribution in [0.15, 0.2) is 28.4 Å². The van der Waals surface area contributed by atoms with Crippen molar-refractivity contribution in [2.24, 2.45) is 0 Å². The second kappa shape index (κ2) is 5.17. The summed E-state index contributed by atoms with van der Waals surface area (Å²) in [5.74, 6) is 1.85. The molecule has 8 heteroatoms. The van der Waals surface area contributed by atoms with Gasteiger partial charge in [-0.25, -0.2) is 15.0 Å². The average molecular weight is 336 g/mol. The fraction of sp³-hybridized carbons (Fsp3) is 0.357. The highest BCUT2D eigenvalue weighted by molar-refractivity contribution is 7.99. The molecule has 2 aromatic heterocycles. The lowest BCUT2D eigenvalue weighted by atomic mass is 9.77. The smallest absolute Gasteiger partial charge is 0.175 e. The van der Waals surface area contributed by atoms with Crippen molar-refractivity contribution in [1.82, 2.24) is 15.0 Å². The van der Waals surface area contributed by atoms with E-state index in [9.17, 15) is 0 Å². The van der Waals surface area contributed by atoms with Crippen LogP contribution in [0.4, 0.5) is 11.6 Å². The van der Waals surface area contributed by atoms with Gasteiger partial charge in [-0.2, -0.15) is 0 Å². The van der Waals surface area contributed by atoms with Crippen LogP contribution in [0.3, 0.4) is 0 Å². The highest BCUT2D eigenvalue weighted by Crippen LogP contribution is 2.46. The van der Waals surface area contributed by atoms with Gasteiger partial charge in [-0.1, -0.05) is 23.4 Å². The first-order valence-corrected chi connectivity index (χ1v) is 8.21. The van der Waals surface area contributed by atoms with Gasteiger partial charge in [0.25, 0.3) is 0 Å². The summed E-state index contributed by atoms with van der Waals surface area (Å²) in [4.78, 5) is 13.5. The molecule has 0 aromatic carbocycles. The van der Waals surface area contributed by atoms with E-state index in [-0.39, 0.29) is 10.7 Å². The summed E-state index contributed by atoms with van der Waals surface area (Å²) in [6.07, 6.45) is 6.73. The van der Waals surface area contributed by atoms with Crippen molar-refractivity contribution in [2.45, 2.75) is 34.7 Å². The van der Waals surface area contributed by atoms with E-state index in [4.69, 9.17) is 22.1 Å². The molecule has 6 nitrogen and oxygen atoms in total. The first-order valence-electron chi connectivity index (χ1n) is 7.01. The van der Waals surface area contributed by atoms with Crippen molar-refractivity contribution in [1.29, 1.82) is 0 Å². The van der Waals surface area contributed by atoms with Gasteiger partial charge in [-0.05, 0) is 25.3 Å². The Morgan fingerprint density at radius 2 is 2.23 bits per heavy atom. The molecular weight excluding hydrogens is 322 g/mol. The number of halogens is 1. The molecule has 0 unspecified atom stereocenters. The van der Waals surface area contributed by atoms with E-state index < -0.39 is 0 Å². The summed E-state index contributed by atoms with van der Waals surface area (Å²) in [5, 5.41) is 4.41. The Morgan fingerprint density at radius 3 is 2.95 bits per heavy atom. The first-order chi connectivity index (χ1) is 10.7. The van der Waals surface area contributed by atoms with E-state index in [0.717, 1.165) is 29.3 Å². The van der Waals surface area contributed by atoms with E-state index >= 15 is 0 Å². The minimum absolute atomic E-state index is 0.0718. The lowest BCUT2D eigenvalue weighted by molar-refractivity contribution is 0.144. The monoisotopic (exact) mass is 335 g/mol. The van der Waals surface area contributed by atoms with Crippen molar-refractivity contribution < 1.29 is 4.74 Å². The van der Waals surface area contributed by atoms with Gasteiger partial charge < -0.3 is 15.8 Å². The van der Waals surface area contributed by atoms with Gasteiger partial charge in [0.2, 0.25) is 0 Å². The molecule has 2 aromatic rings. The number of anilines is 2. The zero-order chi connectivity index (χ0) is 15.2. The molecule has 0 bridgehead atoms. The van der Waals surface area contributed by atoms with Gasteiger partial charge in [0, 0.05) is 6.20 Å². The zero-order valence-electron chi connectivity index (χ0n) is 11.7. The molecule has 3 N–H and O–H groups in total. The Hall–Kier alpha value is -1.73. The van der Waals surface area contributed by atoms with Crippen molar-refractivity contribution in [2.75, 3.05) is 17.7 Å². The van der Waals surface area contributed by atoms with Crippen molar-refractivity contribution >= 4 is 35.0 Å². The number of ether oxygens (including phenoxy) is 1. The summed E-state index contributed by atoms with van der Waals surface area (Å²) in [7, 11) is 0. The second-order valence-electron chi connectivity index (χ2n) is 5.52. The minimum Gasteiger partial charge on any atom is -0.486 e. The van der Waals surface area contributed by atoms with Crippen molar-refractivity contribution in [3.8, 4) is 5.75 Å². The van der Waals surface area contributed by atoms with Crippen LogP contribution in [0.5, 0.6) is 5.75 Å². The lowest BCUT2D eigenvalue weighted by Crippen LogP contribution is -2.52. The van der Waals surface area contributed by atoms with E-state index in [1.165, 1.54) is 24.4 Å². The molecule has 1 fully saturated rings. The van der Waals surface area contributed by atoms with Crippen molar-refractivity contribution in [3.63, 3.8) is 0 Å². The Balaban J connectivity index is 1.64. The summed E-state index contributed by atoms with van der Waals surface area (Å²) >= 11 is 7.18. The van der Waals surface area contributed by atoms with E-state index in [1.54, 1.807) is 6.20 Å². The van der Waals surface area contributed by atoms with Gasteiger partial charge >= 0.3 is 0 Å². The van der Waals surface area contributed by atoms with Gasteiger partial charge in [-0.3, -0.25) is 0 Å². The van der Waals surface area contributed by atoms with Gasteiger partial charge in [0.1, 0.15) is 16.8 Å². The third-order valence-corrected chi connectivity index (χ3v) is 5.23. The fourth-order valence-electron chi connectivity index (χ4n) is 2.66. The molecule has 2 aliphatic rings. The Morgan fingerprint density at radius 1 is 1.36 bits per heavy atom. The van der Waals surface area contributed by atoms with Crippen LogP contribution in [0.25, 0.3) is 0 Å². The largest absolute Gasteiger partial charge is 0.486 e. The quantitative estimate of drug-likeness (QED) is 0.872. The van der Waals surface area contributed by atoms with Crippen molar-refractivity contribution in [3.05, 3.63) is 23.6 Å². The van der Waals surface area contributed by atoms with Crippen LogP contribution in [-0.2, 0) is 0 Å². The number of aromatic nitrogens is 3. The average Bonchev–Trinajstić information content (AvgIpc) is 2.48. The van der Waals surface area contributed by atoms with Gasteiger partial charge in [-0.15, -0.1) is 0 Å². The SMILES string of the molecule is Nc1nc(Cl)cnc1Sc1ccnc2c1OCC1(CCC1)N2. The summed E-state index contributed by atoms with van der Waals surface area (Å²) in [5.41, 5.74) is 5.94. The summed E-state index contributed by atoms with van der Waals surface area (Å²) in [6.45, 7) is 0.668. The molecule has 22 heavy (non-hydrogen) atoms. The molecule has 3 heterocycles. The van der Waals surface area contributed by atoms with Crippen LogP contribution in [-0.4, -0.2) is 27.1 Å². The molecule has 0 atom stereocenters. The fourth-order valence-corrected chi connectivity index (χ4v) is 3.64. The maximum absolute atomic E-state index is 5.99. The predicted octanol–water partition coefficient (Wildman–Crippen LogP) is 2.99. The number of rotatable bonds is 2. The number of nitrogens with two attached hydrogens (primary N) is 1. The third-order valence-electron chi connectivity index (χ3n) is 4.00. The standard InChI is InChI=1S/C14H14ClN5OS/c15-9-6-18-13(11(16)19-9)22-8-2-5-17-12-10(8)21-7-14(20-12)3-1-4-14/h2,5-6H,1,3-4,7H2,(H2,16,19)(H,17,20). The molecule has 4 rings (SSSR count). The highest BCUT2D eigenvalue weighted by Gasteiger charge is 2.42. The Labute approximate surface area is 136 Å². The Bertz CT molecular complexity index is 737. The molecule has 1 spiro atoms. The highest BCUT2D eigenvalue weighted by atomic mass is 35.5. The molecule has 0 radical (unpaired) electrons. The third kappa shape index (κ3) is 2.34. The summed E-state index contributed by atoms with van der Waals surface area (Å²) in [6, 6.07) is 1.89. The minimum atomic E-state index is 0.0718. The zero-order valence-corrected chi connectivity index (χ0v) is 13.2. The van der Waals surface area contributed by atoms with Gasteiger partial charge in [0.15, 0.2) is 17.4 Å². The normalized spacial score (nSPS) is 18.0. The maximum Gasteiger partial charge on any atom is 0.175 e. The second-order valence-corrected chi connectivity index (χ2v) is 6.94.